The number of likely N-dealkylation sites (tertiary alicyclic amines) is 1. The Kier molecular flexibility index (Phi) is 7.46. The van der Waals surface area contributed by atoms with Crippen LogP contribution in [0.2, 0.25) is 0 Å². The van der Waals surface area contributed by atoms with Crippen LogP contribution in [-0.2, 0) is 10.0 Å². The standard InChI is InChI=1S/C20H25N3O3S.ClH/c1-15-5-9-17(10-6-15)22-27(25,26)19-11-7-16(8-12-19)20(24)23-13-3-4-18(14-23)21-2;/h5-12,18,21-22H,3-4,13-14H2,1-2H3;1H. The maximum atomic E-state index is 12.7. The monoisotopic (exact) mass is 423 g/mol. The number of carbonyl (C=O) groups is 1. The molecule has 152 valence electrons. The van der Waals surface area contributed by atoms with Gasteiger partial charge in [0.2, 0.25) is 0 Å². The highest BCUT2D eigenvalue weighted by atomic mass is 35.5. The number of nitrogens with one attached hydrogen (secondary N) is 2. The van der Waals surface area contributed by atoms with E-state index < -0.39 is 10.0 Å². The molecule has 28 heavy (non-hydrogen) atoms. The van der Waals surface area contributed by atoms with Crippen LogP contribution in [0, 0.1) is 6.92 Å². The number of rotatable bonds is 5. The minimum atomic E-state index is -3.69. The van der Waals surface area contributed by atoms with Crippen molar-refractivity contribution < 1.29 is 13.2 Å². The van der Waals surface area contributed by atoms with Gasteiger partial charge in [0.05, 0.1) is 4.90 Å². The zero-order chi connectivity index (χ0) is 19.4. The average molecular weight is 424 g/mol. The molecule has 1 aliphatic rings. The maximum Gasteiger partial charge on any atom is 0.261 e. The SMILES string of the molecule is CNC1CCCN(C(=O)c2ccc(S(=O)(=O)Nc3ccc(C)cc3)cc2)C1.Cl. The van der Waals surface area contributed by atoms with Gasteiger partial charge >= 0.3 is 0 Å². The van der Waals surface area contributed by atoms with Gasteiger partial charge in [-0.1, -0.05) is 17.7 Å². The minimum absolute atomic E-state index is 0. The molecule has 0 spiro atoms. The molecule has 0 aliphatic carbocycles. The van der Waals surface area contributed by atoms with Crippen molar-refractivity contribution in [3.05, 3.63) is 59.7 Å². The van der Waals surface area contributed by atoms with Crippen LogP contribution in [0.25, 0.3) is 0 Å². The van der Waals surface area contributed by atoms with Gasteiger partial charge in [-0.2, -0.15) is 0 Å². The Hall–Kier alpha value is -2.09. The molecule has 2 aromatic rings. The third kappa shape index (κ3) is 5.25. The molecule has 0 bridgehead atoms. The van der Waals surface area contributed by atoms with Crippen LogP contribution < -0.4 is 10.0 Å². The Balaban J connectivity index is 0.00000280. The summed E-state index contributed by atoms with van der Waals surface area (Å²) in [7, 11) is -1.79. The summed E-state index contributed by atoms with van der Waals surface area (Å²) in [5.74, 6) is -0.0645. The molecule has 6 nitrogen and oxygen atoms in total. The van der Waals surface area contributed by atoms with Gasteiger partial charge in [-0.3, -0.25) is 9.52 Å². The van der Waals surface area contributed by atoms with Gasteiger partial charge in [0, 0.05) is 30.4 Å². The second-order valence-electron chi connectivity index (χ2n) is 6.87. The van der Waals surface area contributed by atoms with Crippen molar-refractivity contribution in [2.24, 2.45) is 0 Å². The fraction of sp³-hybridized carbons (Fsp3) is 0.350. The first-order valence-corrected chi connectivity index (χ1v) is 10.5. The van der Waals surface area contributed by atoms with E-state index in [2.05, 4.69) is 10.0 Å². The number of aryl methyl sites for hydroxylation is 1. The highest BCUT2D eigenvalue weighted by molar-refractivity contribution is 7.92. The van der Waals surface area contributed by atoms with Crippen LogP contribution in [0.5, 0.6) is 0 Å². The molecule has 1 amide bonds. The van der Waals surface area contributed by atoms with E-state index >= 15 is 0 Å². The van der Waals surface area contributed by atoms with Crippen LogP contribution in [0.15, 0.2) is 53.4 Å². The van der Waals surface area contributed by atoms with Crippen molar-refractivity contribution >= 4 is 34.0 Å². The van der Waals surface area contributed by atoms with Gasteiger partial charge in [0.15, 0.2) is 0 Å². The highest BCUT2D eigenvalue weighted by Gasteiger charge is 2.24. The normalized spacial score (nSPS) is 16.9. The van der Waals surface area contributed by atoms with Crippen LogP contribution in [0.4, 0.5) is 5.69 Å². The largest absolute Gasteiger partial charge is 0.337 e. The molecule has 2 aromatic carbocycles. The van der Waals surface area contributed by atoms with Gasteiger partial charge in [0.25, 0.3) is 15.9 Å². The number of anilines is 1. The summed E-state index contributed by atoms with van der Waals surface area (Å²) in [6, 6.07) is 13.5. The molecule has 0 aromatic heterocycles. The van der Waals surface area contributed by atoms with E-state index in [1.54, 1.807) is 24.3 Å². The summed E-state index contributed by atoms with van der Waals surface area (Å²) in [5.41, 5.74) is 2.06. The van der Waals surface area contributed by atoms with E-state index in [1.807, 2.05) is 31.0 Å². The first kappa shape index (κ1) is 22.2. The lowest BCUT2D eigenvalue weighted by Crippen LogP contribution is -2.46. The predicted octanol–water partition coefficient (Wildman–Crippen LogP) is 3.04. The summed E-state index contributed by atoms with van der Waals surface area (Å²) in [4.78, 5) is 14.6. The molecule has 1 fully saturated rings. The number of halogens is 1. The lowest BCUT2D eigenvalue weighted by atomic mass is 10.0. The van der Waals surface area contributed by atoms with Gasteiger partial charge in [0.1, 0.15) is 0 Å². The predicted molar refractivity (Wildman–Crippen MR) is 114 cm³/mol. The molecule has 1 unspecified atom stereocenters. The fourth-order valence-corrected chi connectivity index (χ4v) is 4.25. The van der Waals surface area contributed by atoms with Crippen LogP contribution in [-0.4, -0.2) is 45.4 Å². The molecule has 0 radical (unpaired) electrons. The van der Waals surface area contributed by atoms with Crippen molar-refractivity contribution in [2.75, 3.05) is 24.9 Å². The quantitative estimate of drug-likeness (QED) is 0.774. The van der Waals surface area contributed by atoms with Crippen LogP contribution in [0.1, 0.15) is 28.8 Å². The number of likely N-dealkylation sites (N-methyl/N-ethyl adjacent to an activating group) is 1. The second-order valence-corrected chi connectivity index (χ2v) is 8.56. The topological polar surface area (TPSA) is 78.5 Å². The molecule has 2 N–H and O–H groups in total. The van der Waals surface area contributed by atoms with Gasteiger partial charge < -0.3 is 10.2 Å². The number of amides is 1. The molecule has 1 saturated heterocycles. The van der Waals surface area contributed by atoms with E-state index in [0.717, 1.165) is 24.9 Å². The molecule has 8 heteroatoms. The zero-order valence-electron chi connectivity index (χ0n) is 16.0. The molecule has 1 aliphatic heterocycles. The number of hydrogen-bond donors (Lipinski definition) is 2. The van der Waals surface area contributed by atoms with Crippen molar-refractivity contribution in [2.45, 2.75) is 30.7 Å². The van der Waals surface area contributed by atoms with Crippen molar-refractivity contribution in [3.8, 4) is 0 Å². The summed E-state index contributed by atoms with van der Waals surface area (Å²) in [6.07, 6.45) is 2.02. The number of hydrogen-bond acceptors (Lipinski definition) is 4. The van der Waals surface area contributed by atoms with Crippen molar-refractivity contribution in [1.29, 1.82) is 0 Å². The third-order valence-corrected chi connectivity index (χ3v) is 6.23. The Labute approximate surface area is 172 Å². The zero-order valence-corrected chi connectivity index (χ0v) is 17.6. The van der Waals surface area contributed by atoms with Crippen LogP contribution in [0.3, 0.4) is 0 Å². The van der Waals surface area contributed by atoms with E-state index in [0.29, 0.717) is 23.8 Å². The molecule has 0 saturated carbocycles. The van der Waals surface area contributed by atoms with E-state index in [1.165, 1.54) is 12.1 Å². The molecule has 3 rings (SSSR count). The number of carbonyl (C=O) groups excluding carboxylic acids is 1. The summed E-state index contributed by atoms with van der Waals surface area (Å²) >= 11 is 0. The number of sulfonamides is 1. The van der Waals surface area contributed by atoms with Gasteiger partial charge in [-0.25, -0.2) is 8.42 Å². The maximum absolute atomic E-state index is 12.7. The van der Waals surface area contributed by atoms with Crippen LogP contribution >= 0.6 is 12.4 Å². The first-order valence-electron chi connectivity index (χ1n) is 9.05. The fourth-order valence-electron chi connectivity index (χ4n) is 3.19. The number of piperidine rings is 1. The Bertz CT molecular complexity index is 899. The second kappa shape index (κ2) is 9.41. The average Bonchev–Trinajstić information content (AvgIpc) is 2.69. The Morgan fingerprint density at radius 3 is 2.32 bits per heavy atom. The first-order chi connectivity index (χ1) is 12.9. The summed E-state index contributed by atoms with van der Waals surface area (Å²) < 4.78 is 27.6. The lowest BCUT2D eigenvalue weighted by molar-refractivity contribution is 0.0698. The van der Waals surface area contributed by atoms with Gasteiger partial charge in [-0.15, -0.1) is 12.4 Å². The molecule has 1 atom stereocenters. The third-order valence-electron chi connectivity index (χ3n) is 4.83. The summed E-state index contributed by atoms with van der Waals surface area (Å²) in [6.45, 7) is 3.34. The molecular formula is C20H26ClN3O3S. The number of benzene rings is 2. The highest BCUT2D eigenvalue weighted by Crippen LogP contribution is 2.19. The molecule has 1 heterocycles. The number of nitrogens with zero attached hydrogens (tertiary/aromatic N) is 1. The summed E-state index contributed by atoms with van der Waals surface area (Å²) in [5, 5.41) is 3.21. The van der Waals surface area contributed by atoms with Crippen molar-refractivity contribution in [3.63, 3.8) is 0 Å². The smallest absolute Gasteiger partial charge is 0.261 e. The van der Waals surface area contributed by atoms with E-state index in [-0.39, 0.29) is 23.2 Å². The van der Waals surface area contributed by atoms with Gasteiger partial charge in [-0.05, 0) is 63.2 Å². The van der Waals surface area contributed by atoms with E-state index in [4.69, 9.17) is 0 Å². The Morgan fingerprint density at radius 1 is 1.07 bits per heavy atom. The van der Waals surface area contributed by atoms with Crippen molar-refractivity contribution in [1.82, 2.24) is 10.2 Å². The Morgan fingerprint density at radius 2 is 1.71 bits per heavy atom. The lowest BCUT2D eigenvalue weighted by Gasteiger charge is -2.32. The molecular weight excluding hydrogens is 398 g/mol. The van der Waals surface area contributed by atoms with E-state index in [9.17, 15) is 13.2 Å². The minimum Gasteiger partial charge on any atom is -0.337 e.